The lowest BCUT2D eigenvalue weighted by Crippen LogP contribution is -2.43. The van der Waals surface area contributed by atoms with Crippen LogP contribution in [-0.4, -0.2) is 21.1 Å². The Bertz CT molecular complexity index is 860. The van der Waals surface area contributed by atoms with Crippen LogP contribution in [0.2, 0.25) is 0 Å². The fourth-order valence-electron chi connectivity index (χ4n) is 3.43. The van der Waals surface area contributed by atoms with E-state index in [0.29, 0.717) is 23.9 Å². The zero-order chi connectivity index (χ0) is 17.1. The van der Waals surface area contributed by atoms with Gasteiger partial charge in [0.15, 0.2) is 0 Å². The van der Waals surface area contributed by atoms with Crippen molar-refractivity contribution in [3.8, 4) is 0 Å². The lowest BCUT2D eigenvalue weighted by atomic mass is 10.2. The molecule has 6 nitrogen and oxygen atoms in total. The first-order valence-corrected chi connectivity index (χ1v) is 8.63. The number of aromatic nitrogens is 2. The van der Waals surface area contributed by atoms with Crippen molar-refractivity contribution < 1.29 is 4.79 Å². The molecular formula is C18H23N3O3. The second kappa shape index (κ2) is 7.03. The van der Waals surface area contributed by atoms with E-state index in [1.807, 2.05) is 6.92 Å². The standard InChI is InChI=1S/C18H23N3O3/c1-2-11-20-17(23)14-9-5-6-10-15(14)21(18(20)24)12-16(22)19-13-7-3-4-8-13/h5-6,9-10,13H,2-4,7-8,11-12H2,1H3,(H,19,22). The molecule has 0 aliphatic heterocycles. The number of nitrogens with one attached hydrogen (secondary N) is 1. The molecule has 1 saturated carbocycles. The average molecular weight is 329 g/mol. The third kappa shape index (κ3) is 3.13. The largest absolute Gasteiger partial charge is 0.352 e. The van der Waals surface area contributed by atoms with E-state index >= 15 is 0 Å². The number of fused-ring (bicyclic) bond motifs is 1. The summed E-state index contributed by atoms with van der Waals surface area (Å²) in [6.45, 7) is 2.21. The molecule has 6 heteroatoms. The van der Waals surface area contributed by atoms with Crippen LogP contribution in [0.25, 0.3) is 10.9 Å². The van der Waals surface area contributed by atoms with E-state index in [1.165, 1.54) is 9.13 Å². The molecule has 3 rings (SSSR count). The van der Waals surface area contributed by atoms with Crippen molar-refractivity contribution in [2.45, 2.75) is 58.2 Å². The number of benzene rings is 1. The highest BCUT2D eigenvalue weighted by molar-refractivity contribution is 5.81. The Balaban J connectivity index is 2.00. The van der Waals surface area contributed by atoms with Gasteiger partial charge in [0.1, 0.15) is 6.54 Å². The smallest absolute Gasteiger partial charge is 0.331 e. The van der Waals surface area contributed by atoms with E-state index < -0.39 is 5.69 Å². The monoisotopic (exact) mass is 329 g/mol. The van der Waals surface area contributed by atoms with Crippen LogP contribution in [-0.2, 0) is 17.9 Å². The van der Waals surface area contributed by atoms with Gasteiger partial charge in [0, 0.05) is 12.6 Å². The molecule has 0 bridgehead atoms. The van der Waals surface area contributed by atoms with Gasteiger partial charge in [-0.15, -0.1) is 0 Å². The summed E-state index contributed by atoms with van der Waals surface area (Å²) in [7, 11) is 0. The molecule has 1 aliphatic carbocycles. The van der Waals surface area contributed by atoms with Crippen LogP contribution in [0.1, 0.15) is 39.0 Å². The van der Waals surface area contributed by atoms with Gasteiger partial charge in [0.2, 0.25) is 5.91 Å². The van der Waals surface area contributed by atoms with Gasteiger partial charge in [-0.3, -0.25) is 18.7 Å². The summed E-state index contributed by atoms with van der Waals surface area (Å²) in [5, 5.41) is 3.47. The summed E-state index contributed by atoms with van der Waals surface area (Å²) in [6, 6.07) is 7.18. The molecule has 1 amide bonds. The maximum absolute atomic E-state index is 12.7. The Hall–Kier alpha value is -2.37. The highest BCUT2D eigenvalue weighted by atomic mass is 16.2. The molecule has 128 valence electrons. The summed E-state index contributed by atoms with van der Waals surface area (Å²) < 4.78 is 2.64. The van der Waals surface area contributed by atoms with E-state index in [-0.39, 0.29) is 24.1 Å². The van der Waals surface area contributed by atoms with E-state index in [0.717, 1.165) is 25.7 Å². The van der Waals surface area contributed by atoms with Crippen molar-refractivity contribution in [3.63, 3.8) is 0 Å². The molecule has 0 saturated heterocycles. The number of hydrogen-bond donors (Lipinski definition) is 1. The molecule has 24 heavy (non-hydrogen) atoms. The summed E-state index contributed by atoms with van der Waals surface area (Å²) in [6.07, 6.45) is 4.94. The predicted molar refractivity (Wildman–Crippen MR) is 93.2 cm³/mol. The molecular weight excluding hydrogens is 306 g/mol. The van der Waals surface area contributed by atoms with Crippen LogP contribution >= 0.6 is 0 Å². The molecule has 1 aromatic heterocycles. The minimum atomic E-state index is -0.415. The van der Waals surface area contributed by atoms with Crippen molar-refractivity contribution in [1.29, 1.82) is 0 Å². The number of carbonyl (C=O) groups is 1. The van der Waals surface area contributed by atoms with E-state index in [1.54, 1.807) is 24.3 Å². The topological polar surface area (TPSA) is 73.1 Å². The Labute approximate surface area is 140 Å². The van der Waals surface area contributed by atoms with Crippen molar-refractivity contribution in [1.82, 2.24) is 14.5 Å². The second-order valence-corrected chi connectivity index (χ2v) is 6.39. The first kappa shape index (κ1) is 16.5. The minimum absolute atomic E-state index is 0.0557. The van der Waals surface area contributed by atoms with Crippen molar-refractivity contribution >= 4 is 16.8 Å². The highest BCUT2D eigenvalue weighted by Gasteiger charge is 2.19. The maximum Gasteiger partial charge on any atom is 0.331 e. The molecule has 1 heterocycles. The molecule has 1 N–H and O–H groups in total. The number of amides is 1. The van der Waals surface area contributed by atoms with Crippen LogP contribution in [0.3, 0.4) is 0 Å². The molecule has 0 unspecified atom stereocenters. The van der Waals surface area contributed by atoms with Gasteiger partial charge in [-0.2, -0.15) is 0 Å². The first-order valence-electron chi connectivity index (χ1n) is 8.63. The molecule has 0 spiro atoms. The van der Waals surface area contributed by atoms with Gasteiger partial charge in [0.25, 0.3) is 5.56 Å². The van der Waals surface area contributed by atoms with Gasteiger partial charge in [-0.05, 0) is 31.4 Å². The van der Waals surface area contributed by atoms with Crippen LogP contribution in [0.15, 0.2) is 33.9 Å². The highest BCUT2D eigenvalue weighted by Crippen LogP contribution is 2.17. The van der Waals surface area contributed by atoms with Crippen LogP contribution in [0, 0.1) is 0 Å². The van der Waals surface area contributed by atoms with E-state index in [9.17, 15) is 14.4 Å². The molecule has 0 radical (unpaired) electrons. The van der Waals surface area contributed by atoms with Crippen LogP contribution in [0.4, 0.5) is 0 Å². The van der Waals surface area contributed by atoms with E-state index in [4.69, 9.17) is 0 Å². The molecule has 0 atom stereocenters. The lowest BCUT2D eigenvalue weighted by Gasteiger charge is -2.16. The third-order valence-corrected chi connectivity index (χ3v) is 4.60. The maximum atomic E-state index is 12.7. The summed E-state index contributed by atoms with van der Waals surface area (Å²) >= 11 is 0. The van der Waals surface area contributed by atoms with Crippen LogP contribution < -0.4 is 16.6 Å². The minimum Gasteiger partial charge on any atom is -0.352 e. The van der Waals surface area contributed by atoms with E-state index in [2.05, 4.69) is 5.32 Å². The Morgan fingerprint density at radius 3 is 2.58 bits per heavy atom. The second-order valence-electron chi connectivity index (χ2n) is 6.39. The van der Waals surface area contributed by atoms with Gasteiger partial charge in [-0.1, -0.05) is 31.9 Å². The quantitative estimate of drug-likeness (QED) is 0.906. The number of para-hydroxylation sites is 1. The Kier molecular flexibility index (Phi) is 4.83. The number of carbonyl (C=O) groups excluding carboxylic acids is 1. The molecule has 1 fully saturated rings. The number of rotatable bonds is 5. The average Bonchev–Trinajstić information content (AvgIpc) is 3.08. The predicted octanol–water partition coefficient (Wildman–Crippen LogP) is 1.63. The molecule has 2 aromatic rings. The van der Waals surface area contributed by atoms with Crippen LogP contribution in [0.5, 0.6) is 0 Å². The Morgan fingerprint density at radius 1 is 1.17 bits per heavy atom. The van der Waals surface area contributed by atoms with Gasteiger partial charge in [-0.25, -0.2) is 4.79 Å². The third-order valence-electron chi connectivity index (χ3n) is 4.60. The fourth-order valence-corrected chi connectivity index (χ4v) is 3.43. The first-order chi connectivity index (χ1) is 11.6. The molecule has 1 aromatic carbocycles. The summed E-state index contributed by atoms with van der Waals surface area (Å²) in [5.41, 5.74) is -0.187. The van der Waals surface area contributed by atoms with Crippen molar-refractivity contribution in [2.24, 2.45) is 0 Å². The summed E-state index contributed by atoms with van der Waals surface area (Å²) in [4.78, 5) is 37.6. The number of nitrogens with zero attached hydrogens (tertiary/aromatic N) is 2. The van der Waals surface area contributed by atoms with Crippen molar-refractivity contribution in [2.75, 3.05) is 0 Å². The zero-order valence-electron chi connectivity index (χ0n) is 14.0. The van der Waals surface area contributed by atoms with Crippen molar-refractivity contribution in [3.05, 3.63) is 45.1 Å². The zero-order valence-corrected chi connectivity index (χ0v) is 14.0. The SMILES string of the molecule is CCCn1c(=O)c2ccccc2n(CC(=O)NC2CCCC2)c1=O. The lowest BCUT2D eigenvalue weighted by molar-refractivity contribution is -0.122. The number of hydrogen-bond acceptors (Lipinski definition) is 3. The Morgan fingerprint density at radius 2 is 1.88 bits per heavy atom. The normalized spacial score (nSPS) is 15.0. The molecule has 1 aliphatic rings. The summed E-state index contributed by atoms with van der Waals surface area (Å²) in [5.74, 6) is -0.171. The fraction of sp³-hybridized carbons (Fsp3) is 0.500. The van der Waals surface area contributed by atoms with Gasteiger partial charge >= 0.3 is 5.69 Å². The van der Waals surface area contributed by atoms with Gasteiger partial charge < -0.3 is 5.32 Å². The van der Waals surface area contributed by atoms with Gasteiger partial charge in [0.05, 0.1) is 10.9 Å².